The smallest absolute Gasteiger partial charge is 0.250 e. The molecule has 1 saturated carbocycles. The summed E-state index contributed by atoms with van der Waals surface area (Å²) in [5, 5.41) is 5.77. The van der Waals surface area contributed by atoms with Crippen molar-refractivity contribution < 1.29 is 14.0 Å². The molecule has 1 aromatic heterocycles. The number of fused-ring (bicyclic) bond motifs is 1. The third kappa shape index (κ3) is 0.787. The van der Waals surface area contributed by atoms with Crippen molar-refractivity contribution in [3.63, 3.8) is 0 Å². The maximum Gasteiger partial charge on any atom is 0.250 e. The average molecular weight is 192 g/mol. The molecule has 3 rings (SSSR count). The lowest BCUT2D eigenvalue weighted by Gasteiger charge is -2.23. The van der Waals surface area contributed by atoms with Gasteiger partial charge in [-0.3, -0.25) is 9.59 Å². The summed E-state index contributed by atoms with van der Waals surface area (Å²) < 4.78 is 4.99. The number of nitrogens with one attached hydrogen (secondary N) is 2. The number of furan rings is 1. The average Bonchev–Trinajstić information content (AvgIpc) is 2.84. The van der Waals surface area contributed by atoms with Crippen LogP contribution in [0, 0.1) is 0 Å². The number of carbonyl (C=O) groups excluding carboxylic acids is 2. The van der Waals surface area contributed by atoms with E-state index in [2.05, 4.69) is 10.6 Å². The fourth-order valence-corrected chi connectivity index (χ4v) is 1.70. The summed E-state index contributed by atoms with van der Waals surface area (Å²) in [7, 11) is 0. The molecule has 1 aromatic rings. The van der Waals surface area contributed by atoms with Gasteiger partial charge in [0, 0.05) is 0 Å². The SMILES string of the molecule is O=Cc1occ2c1NC1(CC1)C(=O)N2. The van der Waals surface area contributed by atoms with E-state index in [1.165, 1.54) is 6.26 Å². The van der Waals surface area contributed by atoms with Crippen molar-refractivity contribution in [3.05, 3.63) is 12.0 Å². The van der Waals surface area contributed by atoms with E-state index in [1.807, 2.05) is 0 Å². The maximum absolute atomic E-state index is 11.5. The Morgan fingerprint density at radius 1 is 1.50 bits per heavy atom. The van der Waals surface area contributed by atoms with E-state index in [4.69, 9.17) is 4.42 Å². The van der Waals surface area contributed by atoms with Gasteiger partial charge in [-0.1, -0.05) is 0 Å². The number of carbonyl (C=O) groups is 2. The number of aldehydes is 1. The summed E-state index contributed by atoms with van der Waals surface area (Å²) in [5.41, 5.74) is 0.681. The molecule has 1 spiro atoms. The fraction of sp³-hybridized carbons (Fsp3) is 0.333. The quantitative estimate of drug-likeness (QED) is 0.651. The molecule has 0 bridgehead atoms. The van der Waals surface area contributed by atoms with Gasteiger partial charge in [0.05, 0.1) is 0 Å². The lowest BCUT2D eigenvalue weighted by molar-refractivity contribution is -0.117. The molecule has 14 heavy (non-hydrogen) atoms. The number of amides is 1. The first-order valence-corrected chi connectivity index (χ1v) is 4.41. The van der Waals surface area contributed by atoms with E-state index in [1.54, 1.807) is 0 Å². The minimum Gasteiger partial charge on any atom is -0.457 e. The normalized spacial score (nSPS) is 21.0. The second-order valence-corrected chi connectivity index (χ2v) is 3.67. The van der Waals surface area contributed by atoms with Gasteiger partial charge in [0.1, 0.15) is 23.2 Å². The second-order valence-electron chi connectivity index (χ2n) is 3.67. The zero-order chi connectivity index (χ0) is 9.76. The topological polar surface area (TPSA) is 71.3 Å². The van der Waals surface area contributed by atoms with Crippen LogP contribution in [0.2, 0.25) is 0 Å². The molecule has 72 valence electrons. The predicted octanol–water partition coefficient (Wildman–Crippen LogP) is 0.989. The van der Waals surface area contributed by atoms with Crippen LogP contribution >= 0.6 is 0 Å². The summed E-state index contributed by atoms with van der Waals surface area (Å²) >= 11 is 0. The zero-order valence-corrected chi connectivity index (χ0v) is 7.29. The summed E-state index contributed by atoms with van der Waals surface area (Å²) in [6.07, 6.45) is 3.63. The van der Waals surface area contributed by atoms with Crippen LogP contribution in [-0.4, -0.2) is 17.7 Å². The summed E-state index contributed by atoms with van der Waals surface area (Å²) in [6, 6.07) is 0. The van der Waals surface area contributed by atoms with E-state index in [0.29, 0.717) is 17.7 Å². The van der Waals surface area contributed by atoms with E-state index < -0.39 is 5.54 Å². The van der Waals surface area contributed by atoms with Gasteiger partial charge in [0.25, 0.3) is 0 Å². The molecule has 1 aliphatic heterocycles. The maximum atomic E-state index is 11.5. The van der Waals surface area contributed by atoms with Crippen LogP contribution in [0.1, 0.15) is 23.4 Å². The Labute approximate surface area is 79.5 Å². The van der Waals surface area contributed by atoms with Crippen LogP contribution < -0.4 is 10.6 Å². The summed E-state index contributed by atoms with van der Waals surface area (Å²) in [5.74, 6) is 0.203. The summed E-state index contributed by atoms with van der Waals surface area (Å²) in [6.45, 7) is 0. The monoisotopic (exact) mass is 192 g/mol. The zero-order valence-electron chi connectivity index (χ0n) is 7.29. The molecule has 0 atom stereocenters. The second kappa shape index (κ2) is 2.17. The van der Waals surface area contributed by atoms with Crippen molar-refractivity contribution in [2.75, 3.05) is 10.6 Å². The molecular weight excluding hydrogens is 184 g/mol. The largest absolute Gasteiger partial charge is 0.457 e. The van der Waals surface area contributed by atoms with Crippen molar-refractivity contribution >= 4 is 23.6 Å². The third-order valence-electron chi connectivity index (χ3n) is 2.72. The Kier molecular flexibility index (Phi) is 1.18. The molecule has 0 aromatic carbocycles. The number of rotatable bonds is 1. The minimum absolute atomic E-state index is 0.0387. The molecule has 1 aliphatic carbocycles. The van der Waals surface area contributed by atoms with Gasteiger partial charge in [-0.25, -0.2) is 0 Å². The highest BCUT2D eigenvalue weighted by molar-refractivity contribution is 6.09. The molecule has 0 radical (unpaired) electrons. The molecule has 1 fully saturated rings. The standard InChI is InChI=1S/C9H8N2O3/c12-3-6-7-5(4-14-6)10-8(13)9(11-7)1-2-9/h3-4,11H,1-2H2,(H,10,13). The third-order valence-corrected chi connectivity index (χ3v) is 2.72. The highest BCUT2D eigenvalue weighted by atomic mass is 16.3. The van der Waals surface area contributed by atoms with Crippen molar-refractivity contribution in [1.82, 2.24) is 0 Å². The first-order chi connectivity index (χ1) is 6.75. The Morgan fingerprint density at radius 3 is 2.93 bits per heavy atom. The lowest BCUT2D eigenvalue weighted by Crippen LogP contribution is -2.40. The molecule has 2 heterocycles. The van der Waals surface area contributed by atoms with Gasteiger partial charge in [0.2, 0.25) is 5.91 Å². The molecule has 2 aliphatic rings. The molecule has 0 saturated heterocycles. The van der Waals surface area contributed by atoms with Gasteiger partial charge in [0.15, 0.2) is 12.0 Å². The van der Waals surface area contributed by atoms with E-state index >= 15 is 0 Å². The fourth-order valence-electron chi connectivity index (χ4n) is 1.70. The van der Waals surface area contributed by atoms with Gasteiger partial charge in [-0.15, -0.1) is 0 Å². The van der Waals surface area contributed by atoms with Gasteiger partial charge >= 0.3 is 0 Å². The molecular formula is C9H8N2O3. The van der Waals surface area contributed by atoms with Crippen molar-refractivity contribution in [1.29, 1.82) is 0 Å². The minimum atomic E-state index is -0.478. The Morgan fingerprint density at radius 2 is 2.29 bits per heavy atom. The number of hydrogen-bond acceptors (Lipinski definition) is 4. The number of hydrogen-bond donors (Lipinski definition) is 2. The molecule has 5 nitrogen and oxygen atoms in total. The van der Waals surface area contributed by atoms with Crippen LogP contribution in [0.3, 0.4) is 0 Å². The van der Waals surface area contributed by atoms with E-state index in [0.717, 1.165) is 12.8 Å². The van der Waals surface area contributed by atoms with Crippen molar-refractivity contribution in [3.8, 4) is 0 Å². The first-order valence-electron chi connectivity index (χ1n) is 4.41. The van der Waals surface area contributed by atoms with Gasteiger partial charge in [-0.2, -0.15) is 0 Å². The van der Waals surface area contributed by atoms with Gasteiger partial charge in [-0.05, 0) is 12.8 Å². The first kappa shape index (κ1) is 7.61. The van der Waals surface area contributed by atoms with E-state index in [9.17, 15) is 9.59 Å². The van der Waals surface area contributed by atoms with Crippen molar-refractivity contribution in [2.45, 2.75) is 18.4 Å². The Bertz CT molecular complexity index is 431. The highest BCUT2D eigenvalue weighted by Crippen LogP contribution is 2.46. The highest BCUT2D eigenvalue weighted by Gasteiger charge is 2.53. The lowest BCUT2D eigenvalue weighted by atomic mass is 10.1. The molecule has 1 amide bonds. The van der Waals surface area contributed by atoms with Crippen LogP contribution in [-0.2, 0) is 4.79 Å². The Hall–Kier alpha value is -1.78. The Balaban J connectivity index is 2.09. The van der Waals surface area contributed by atoms with E-state index in [-0.39, 0.29) is 11.7 Å². The molecule has 5 heteroatoms. The number of anilines is 2. The van der Waals surface area contributed by atoms with Crippen LogP contribution in [0.15, 0.2) is 10.7 Å². The van der Waals surface area contributed by atoms with Gasteiger partial charge < -0.3 is 15.1 Å². The molecule has 0 unspecified atom stereocenters. The summed E-state index contributed by atoms with van der Waals surface area (Å²) in [4.78, 5) is 22.1. The van der Waals surface area contributed by atoms with Crippen LogP contribution in [0.4, 0.5) is 11.4 Å². The van der Waals surface area contributed by atoms with Crippen LogP contribution in [0.5, 0.6) is 0 Å². The predicted molar refractivity (Wildman–Crippen MR) is 48.3 cm³/mol. The van der Waals surface area contributed by atoms with Crippen molar-refractivity contribution in [2.24, 2.45) is 0 Å². The van der Waals surface area contributed by atoms with Crippen LogP contribution in [0.25, 0.3) is 0 Å². The molecule has 2 N–H and O–H groups in total.